The Balaban J connectivity index is 1.95. The van der Waals surface area contributed by atoms with Gasteiger partial charge in [0.25, 0.3) is 0 Å². The van der Waals surface area contributed by atoms with Crippen LogP contribution in [-0.4, -0.2) is 19.1 Å². The first-order chi connectivity index (χ1) is 12.2. The van der Waals surface area contributed by atoms with E-state index in [1.807, 2.05) is 55.5 Å². The molecule has 0 saturated carbocycles. The van der Waals surface area contributed by atoms with Crippen LogP contribution < -0.4 is 14.8 Å². The molecule has 2 rings (SSSR count). The summed E-state index contributed by atoms with van der Waals surface area (Å²) in [6.07, 6.45) is 5.34. The summed E-state index contributed by atoms with van der Waals surface area (Å²) >= 11 is 0. The molecule has 4 heteroatoms. The summed E-state index contributed by atoms with van der Waals surface area (Å²) in [6.45, 7) is 5.34. The number of para-hydroxylation sites is 2. The zero-order valence-electron chi connectivity index (χ0n) is 14.8. The number of carbonyl (C=O) groups is 1. The fourth-order valence-electron chi connectivity index (χ4n) is 2.21. The number of benzene rings is 2. The van der Waals surface area contributed by atoms with Crippen LogP contribution in [0.5, 0.6) is 11.5 Å². The van der Waals surface area contributed by atoms with Crippen molar-refractivity contribution in [2.45, 2.75) is 26.7 Å². The van der Waals surface area contributed by atoms with Crippen LogP contribution in [0.3, 0.4) is 0 Å². The van der Waals surface area contributed by atoms with Crippen LogP contribution in [0.25, 0.3) is 6.08 Å². The number of anilines is 1. The van der Waals surface area contributed by atoms with Crippen molar-refractivity contribution >= 4 is 17.7 Å². The van der Waals surface area contributed by atoms with Crippen LogP contribution in [0.1, 0.15) is 32.3 Å². The first-order valence-electron chi connectivity index (χ1n) is 8.66. The van der Waals surface area contributed by atoms with Gasteiger partial charge in [0.1, 0.15) is 11.5 Å². The van der Waals surface area contributed by atoms with Crippen molar-refractivity contribution in [3.8, 4) is 11.5 Å². The highest BCUT2D eigenvalue weighted by atomic mass is 16.5. The van der Waals surface area contributed by atoms with Crippen LogP contribution in [0.15, 0.2) is 54.6 Å². The zero-order valence-corrected chi connectivity index (χ0v) is 14.8. The van der Waals surface area contributed by atoms with Gasteiger partial charge >= 0.3 is 0 Å². The van der Waals surface area contributed by atoms with Gasteiger partial charge in [-0.2, -0.15) is 0 Å². The van der Waals surface area contributed by atoms with E-state index in [0.717, 1.165) is 24.2 Å². The molecule has 0 aliphatic heterocycles. The first kappa shape index (κ1) is 18.6. The van der Waals surface area contributed by atoms with Gasteiger partial charge in [-0.1, -0.05) is 37.6 Å². The van der Waals surface area contributed by atoms with Crippen molar-refractivity contribution in [3.05, 3.63) is 60.2 Å². The number of hydrogen-bond donors (Lipinski definition) is 1. The van der Waals surface area contributed by atoms with Crippen molar-refractivity contribution < 1.29 is 14.3 Å². The molecule has 0 radical (unpaired) electrons. The van der Waals surface area contributed by atoms with Crippen molar-refractivity contribution in [3.63, 3.8) is 0 Å². The molecule has 4 nitrogen and oxygen atoms in total. The Labute approximate surface area is 149 Å². The number of rotatable bonds is 9. The average Bonchev–Trinajstić information content (AvgIpc) is 2.63. The highest BCUT2D eigenvalue weighted by Crippen LogP contribution is 2.24. The molecule has 0 aliphatic rings. The molecule has 0 heterocycles. The molecule has 0 unspecified atom stereocenters. The molecular formula is C21H25NO3. The number of unbranched alkanes of at least 4 members (excludes halogenated alkanes) is 1. The largest absolute Gasteiger partial charge is 0.494 e. The summed E-state index contributed by atoms with van der Waals surface area (Å²) in [5.74, 6) is 1.32. The van der Waals surface area contributed by atoms with Crippen LogP contribution in [0.2, 0.25) is 0 Å². The Hall–Kier alpha value is -2.75. The lowest BCUT2D eigenvalue weighted by molar-refractivity contribution is -0.111. The first-order valence-corrected chi connectivity index (χ1v) is 8.66. The molecular weight excluding hydrogens is 314 g/mol. The van der Waals surface area contributed by atoms with E-state index in [4.69, 9.17) is 9.47 Å². The minimum Gasteiger partial charge on any atom is -0.494 e. The summed E-state index contributed by atoms with van der Waals surface area (Å²) in [5.41, 5.74) is 1.62. The van der Waals surface area contributed by atoms with Crippen LogP contribution in [0.4, 0.5) is 5.69 Å². The van der Waals surface area contributed by atoms with E-state index in [1.54, 1.807) is 6.08 Å². The Bertz CT molecular complexity index is 693. The smallest absolute Gasteiger partial charge is 0.248 e. The Morgan fingerprint density at radius 3 is 2.52 bits per heavy atom. The van der Waals surface area contributed by atoms with Gasteiger partial charge in [-0.3, -0.25) is 4.79 Å². The normalized spacial score (nSPS) is 10.6. The topological polar surface area (TPSA) is 47.6 Å². The van der Waals surface area contributed by atoms with E-state index < -0.39 is 0 Å². The van der Waals surface area contributed by atoms with E-state index in [1.165, 1.54) is 6.08 Å². The van der Waals surface area contributed by atoms with Gasteiger partial charge in [-0.25, -0.2) is 0 Å². The fraction of sp³-hybridized carbons (Fsp3) is 0.286. The lowest BCUT2D eigenvalue weighted by Crippen LogP contribution is -2.09. The second-order valence-electron chi connectivity index (χ2n) is 5.52. The second kappa shape index (κ2) is 10.2. The standard InChI is InChI=1S/C21H25NO3/c1-3-5-16-25-20-9-7-6-8-19(20)22-21(23)15-12-17-10-13-18(14-11-17)24-4-2/h6-15H,3-5,16H2,1-2H3,(H,22,23). The third-order valence-electron chi connectivity index (χ3n) is 3.52. The van der Waals surface area contributed by atoms with E-state index in [2.05, 4.69) is 12.2 Å². The maximum atomic E-state index is 12.2. The summed E-state index contributed by atoms with van der Waals surface area (Å²) in [6, 6.07) is 15.1. The minimum atomic E-state index is -0.194. The molecule has 2 aromatic carbocycles. The predicted molar refractivity (Wildman–Crippen MR) is 102 cm³/mol. The third kappa shape index (κ3) is 6.34. The van der Waals surface area contributed by atoms with E-state index in [9.17, 15) is 4.79 Å². The van der Waals surface area contributed by atoms with E-state index >= 15 is 0 Å². The van der Waals surface area contributed by atoms with Crippen LogP contribution in [-0.2, 0) is 4.79 Å². The zero-order chi connectivity index (χ0) is 17.9. The number of hydrogen-bond acceptors (Lipinski definition) is 3. The second-order valence-corrected chi connectivity index (χ2v) is 5.52. The maximum Gasteiger partial charge on any atom is 0.248 e. The molecule has 0 aliphatic carbocycles. The number of carbonyl (C=O) groups excluding carboxylic acids is 1. The molecule has 132 valence electrons. The predicted octanol–water partition coefficient (Wildman–Crippen LogP) is 4.92. The Kier molecular flexibility index (Phi) is 7.57. The SMILES string of the molecule is CCCCOc1ccccc1NC(=O)C=Cc1ccc(OCC)cc1. The Morgan fingerprint density at radius 2 is 1.80 bits per heavy atom. The lowest BCUT2D eigenvalue weighted by Gasteiger charge is -2.11. The van der Waals surface area contributed by atoms with Crippen LogP contribution >= 0.6 is 0 Å². The van der Waals surface area contributed by atoms with Gasteiger partial charge in [0.05, 0.1) is 18.9 Å². The molecule has 1 N–H and O–H groups in total. The lowest BCUT2D eigenvalue weighted by atomic mass is 10.2. The molecule has 0 atom stereocenters. The van der Waals surface area contributed by atoms with Crippen molar-refractivity contribution in [1.29, 1.82) is 0 Å². The third-order valence-corrected chi connectivity index (χ3v) is 3.52. The molecule has 1 amide bonds. The van der Waals surface area contributed by atoms with E-state index in [-0.39, 0.29) is 5.91 Å². The van der Waals surface area contributed by atoms with Crippen molar-refractivity contribution in [2.24, 2.45) is 0 Å². The van der Waals surface area contributed by atoms with Gasteiger partial charge in [0.2, 0.25) is 5.91 Å². The molecule has 0 spiro atoms. The van der Waals surface area contributed by atoms with Gasteiger partial charge in [0, 0.05) is 6.08 Å². The minimum absolute atomic E-state index is 0.194. The quantitative estimate of drug-likeness (QED) is 0.521. The van der Waals surface area contributed by atoms with Gasteiger partial charge in [-0.05, 0) is 49.2 Å². The van der Waals surface area contributed by atoms with Crippen LogP contribution in [0, 0.1) is 0 Å². The van der Waals surface area contributed by atoms with E-state index in [0.29, 0.717) is 24.7 Å². The fourth-order valence-corrected chi connectivity index (χ4v) is 2.21. The number of ether oxygens (including phenoxy) is 2. The average molecular weight is 339 g/mol. The monoisotopic (exact) mass is 339 g/mol. The van der Waals surface area contributed by atoms with Crippen molar-refractivity contribution in [2.75, 3.05) is 18.5 Å². The summed E-state index contributed by atoms with van der Waals surface area (Å²) in [4.78, 5) is 12.2. The highest BCUT2D eigenvalue weighted by molar-refractivity contribution is 6.02. The van der Waals surface area contributed by atoms with Crippen molar-refractivity contribution in [1.82, 2.24) is 0 Å². The molecule has 0 aromatic heterocycles. The number of nitrogens with one attached hydrogen (secondary N) is 1. The van der Waals surface area contributed by atoms with Gasteiger partial charge in [0.15, 0.2) is 0 Å². The summed E-state index contributed by atoms with van der Waals surface area (Å²) < 4.78 is 11.1. The maximum absolute atomic E-state index is 12.2. The molecule has 0 bridgehead atoms. The molecule has 2 aromatic rings. The summed E-state index contributed by atoms with van der Waals surface area (Å²) in [5, 5.41) is 2.86. The number of amides is 1. The highest BCUT2D eigenvalue weighted by Gasteiger charge is 2.05. The van der Waals surface area contributed by atoms with Gasteiger partial charge in [-0.15, -0.1) is 0 Å². The van der Waals surface area contributed by atoms with Gasteiger partial charge < -0.3 is 14.8 Å². The molecule has 25 heavy (non-hydrogen) atoms. The molecule has 0 saturated heterocycles. The summed E-state index contributed by atoms with van der Waals surface area (Å²) in [7, 11) is 0. The Morgan fingerprint density at radius 1 is 1.04 bits per heavy atom. The molecule has 0 fully saturated rings.